The van der Waals surface area contributed by atoms with Gasteiger partial charge in [0.1, 0.15) is 5.75 Å². The molecule has 0 spiro atoms. The lowest BCUT2D eigenvalue weighted by Gasteiger charge is -2.22. The van der Waals surface area contributed by atoms with Gasteiger partial charge in [0.15, 0.2) is 6.10 Å². The molecular weight excluding hydrogens is 336 g/mol. The van der Waals surface area contributed by atoms with Gasteiger partial charge < -0.3 is 14.5 Å². The van der Waals surface area contributed by atoms with E-state index in [1.54, 1.807) is 18.1 Å². The second-order valence-corrected chi connectivity index (χ2v) is 6.59. The molecule has 0 unspecified atom stereocenters. The van der Waals surface area contributed by atoms with Crippen LogP contribution in [0.5, 0.6) is 5.75 Å². The number of methoxy groups -OCH3 is 1. The van der Waals surface area contributed by atoms with Gasteiger partial charge in [0.2, 0.25) is 0 Å². The number of thiophene rings is 1. The lowest BCUT2D eigenvalue weighted by atomic mass is 10.0. The predicted octanol–water partition coefficient (Wildman–Crippen LogP) is 3.58. The number of hydrogen-bond donors (Lipinski definition) is 0. The molecule has 0 saturated carbocycles. The molecule has 1 atom stereocenters. The molecule has 1 aliphatic rings. The van der Waals surface area contributed by atoms with Crippen molar-refractivity contribution in [1.29, 1.82) is 0 Å². The second-order valence-electron chi connectivity index (χ2n) is 5.65. The topological polar surface area (TPSA) is 51.1 Å². The molecule has 0 bridgehead atoms. The van der Waals surface area contributed by atoms with Crippen LogP contribution in [0.2, 0.25) is 0 Å². The molecule has 5 nitrogen and oxygen atoms in total. The Labute approximate surface area is 151 Å². The third-order valence-electron chi connectivity index (χ3n) is 3.94. The number of hydrogen-bond acceptors (Lipinski definition) is 5. The molecule has 6 heteroatoms. The molecule has 1 aliphatic heterocycles. The van der Waals surface area contributed by atoms with Gasteiger partial charge in [-0.2, -0.15) is 0 Å². The van der Waals surface area contributed by atoms with Crippen molar-refractivity contribution in [2.75, 3.05) is 20.2 Å². The highest BCUT2D eigenvalue weighted by molar-refractivity contribution is 7.12. The first-order chi connectivity index (χ1) is 12.2. The molecule has 2 heterocycles. The van der Waals surface area contributed by atoms with Crippen LogP contribution < -0.4 is 4.74 Å². The lowest BCUT2D eigenvalue weighted by Crippen LogP contribution is -2.37. The van der Waals surface area contributed by atoms with Gasteiger partial charge in [-0.05, 0) is 23.6 Å². The van der Waals surface area contributed by atoms with Crippen molar-refractivity contribution in [2.45, 2.75) is 12.5 Å². The maximum Gasteiger partial charge on any atom is 0.264 e. The number of benzene rings is 1. The smallest absolute Gasteiger partial charge is 0.264 e. The van der Waals surface area contributed by atoms with E-state index in [0.717, 1.165) is 17.0 Å². The number of para-hydroxylation sites is 1. The fourth-order valence-electron chi connectivity index (χ4n) is 2.77. The van der Waals surface area contributed by atoms with Crippen molar-refractivity contribution in [1.82, 2.24) is 4.90 Å². The van der Waals surface area contributed by atoms with Crippen molar-refractivity contribution in [3.63, 3.8) is 0 Å². The highest BCUT2D eigenvalue weighted by Gasteiger charge is 2.28. The van der Waals surface area contributed by atoms with Crippen LogP contribution in [-0.4, -0.2) is 42.8 Å². The zero-order valence-electron chi connectivity index (χ0n) is 14.1. The Kier molecular flexibility index (Phi) is 5.50. The monoisotopic (exact) mass is 356 g/mol. The SMILES string of the molecule is C=CCN(C[C@H]1CC(c2ccccc2OC)=NO1)C(=O)c1cccs1. The van der Waals surface area contributed by atoms with Gasteiger partial charge in [0, 0.05) is 18.5 Å². The van der Waals surface area contributed by atoms with E-state index in [0.29, 0.717) is 24.4 Å². The summed E-state index contributed by atoms with van der Waals surface area (Å²) < 4.78 is 5.39. The van der Waals surface area contributed by atoms with Gasteiger partial charge in [0.05, 0.1) is 24.2 Å². The summed E-state index contributed by atoms with van der Waals surface area (Å²) in [5, 5.41) is 6.10. The molecule has 0 saturated heterocycles. The van der Waals surface area contributed by atoms with Gasteiger partial charge in [-0.25, -0.2) is 0 Å². The molecule has 0 fully saturated rings. The zero-order valence-corrected chi connectivity index (χ0v) is 14.9. The highest BCUT2D eigenvalue weighted by Crippen LogP contribution is 2.25. The fourth-order valence-corrected chi connectivity index (χ4v) is 3.46. The maximum atomic E-state index is 12.6. The second kappa shape index (κ2) is 7.98. The first-order valence-electron chi connectivity index (χ1n) is 8.02. The molecule has 0 N–H and O–H groups in total. The van der Waals surface area contributed by atoms with Crippen LogP contribution in [0.15, 0.2) is 59.6 Å². The number of oxime groups is 1. The molecule has 1 aromatic heterocycles. The Balaban J connectivity index is 1.67. The first kappa shape index (κ1) is 17.2. The predicted molar refractivity (Wildman–Crippen MR) is 99.4 cm³/mol. The molecule has 0 radical (unpaired) electrons. The van der Waals surface area contributed by atoms with Crippen molar-refractivity contribution in [2.24, 2.45) is 5.16 Å². The van der Waals surface area contributed by atoms with Crippen LogP contribution in [0.3, 0.4) is 0 Å². The number of nitrogens with zero attached hydrogens (tertiary/aromatic N) is 2. The Morgan fingerprint density at radius 1 is 1.44 bits per heavy atom. The minimum Gasteiger partial charge on any atom is -0.496 e. The van der Waals surface area contributed by atoms with Crippen LogP contribution in [0, 0.1) is 0 Å². The normalized spacial score (nSPS) is 16.0. The molecule has 3 rings (SSSR count). The van der Waals surface area contributed by atoms with Crippen LogP contribution in [0.1, 0.15) is 21.7 Å². The van der Waals surface area contributed by atoms with Gasteiger partial charge in [0.25, 0.3) is 5.91 Å². The standard InChI is InChI=1S/C19H20N2O3S/c1-3-10-21(19(22)18-9-6-11-25-18)13-14-12-16(20-24-14)15-7-4-5-8-17(15)23-2/h3-9,11,14H,1,10,12-13H2,2H3/t14-/m1/s1. The fraction of sp³-hybridized carbons (Fsp3) is 0.263. The summed E-state index contributed by atoms with van der Waals surface area (Å²) in [6.07, 6.45) is 2.18. The van der Waals surface area contributed by atoms with Crippen LogP contribution in [0.25, 0.3) is 0 Å². The molecule has 25 heavy (non-hydrogen) atoms. The summed E-state index contributed by atoms with van der Waals surface area (Å²) in [6, 6.07) is 11.4. The number of carbonyl (C=O) groups excluding carboxylic acids is 1. The summed E-state index contributed by atoms with van der Waals surface area (Å²) in [7, 11) is 1.64. The molecule has 0 aliphatic carbocycles. The Morgan fingerprint density at radius 2 is 2.28 bits per heavy atom. The van der Waals surface area contributed by atoms with E-state index in [9.17, 15) is 4.79 Å². The quantitative estimate of drug-likeness (QED) is 0.713. The van der Waals surface area contributed by atoms with Crippen LogP contribution in [-0.2, 0) is 4.84 Å². The van der Waals surface area contributed by atoms with Gasteiger partial charge in [-0.3, -0.25) is 4.79 Å². The van der Waals surface area contributed by atoms with Crippen molar-refractivity contribution in [3.05, 3.63) is 64.9 Å². The van der Waals surface area contributed by atoms with Crippen molar-refractivity contribution >= 4 is 23.0 Å². The lowest BCUT2D eigenvalue weighted by molar-refractivity contribution is 0.0452. The summed E-state index contributed by atoms with van der Waals surface area (Å²) in [5.74, 6) is 0.757. The van der Waals surface area contributed by atoms with E-state index in [4.69, 9.17) is 9.57 Å². The summed E-state index contributed by atoms with van der Waals surface area (Å²) in [5.41, 5.74) is 1.76. The molecule has 1 aromatic carbocycles. The maximum absolute atomic E-state index is 12.6. The average Bonchev–Trinajstić information content (AvgIpc) is 3.33. The number of rotatable bonds is 7. The highest BCUT2D eigenvalue weighted by atomic mass is 32.1. The van der Waals surface area contributed by atoms with Crippen molar-refractivity contribution in [3.8, 4) is 5.75 Å². The Bertz CT molecular complexity index is 771. The Morgan fingerprint density at radius 3 is 3.00 bits per heavy atom. The van der Waals surface area contributed by atoms with E-state index in [2.05, 4.69) is 11.7 Å². The Hall–Kier alpha value is -2.60. The number of carbonyl (C=O) groups is 1. The minimum absolute atomic E-state index is 0.00996. The van der Waals surface area contributed by atoms with Gasteiger partial charge >= 0.3 is 0 Å². The molecular formula is C19H20N2O3S. The van der Waals surface area contributed by atoms with E-state index >= 15 is 0 Å². The summed E-state index contributed by atoms with van der Waals surface area (Å²) >= 11 is 1.43. The minimum atomic E-state index is -0.177. The van der Waals surface area contributed by atoms with E-state index in [1.165, 1.54) is 11.3 Å². The molecule has 2 aromatic rings. The van der Waals surface area contributed by atoms with Gasteiger partial charge in [-0.15, -0.1) is 17.9 Å². The third-order valence-corrected chi connectivity index (χ3v) is 4.80. The van der Waals surface area contributed by atoms with Crippen molar-refractivity contribution < 1.29 is 14.4 Å². The third kappa shape index (κ3) is 3.91. The van der Waals surface area contributed by atoms with Crippen LogP contribution in [0.4, 0.5) is 0 Å². The van der Waals surface area contributed by atoms with Crippen LogP contribution >= 0.6 is 11.3 Å². The molecule has 1 amide bonds. The largest absolute Gasteiger partial charge is 0.496 e. The van der Waals surface area contributed by atoms with E-state index in [1.807, 2.05) is 41.8 Å². The molecule has 130 valence electrons. The summed E-state index contributed by atoms with van der Waals surface area (Å²) in [4.78, 5) is 20.6. The summed E-state index contributed by atoms with van der Waals surface area (Å²) in [6.45, 7) is 4.68. The number of amides is 1. The zero-order chi connectivity index (χ0) is 17.6. The van der Waals surface area contributed by atoms with E-state index in [-0.39, 0.29) is 12.0 Å². The van der Waals surface area contributed by atoms with Gasteiger partial charge in [-0.1, -0.05) is 29.4 Å². The number of ether oxygens (including phenoxy) is 1. The van der Waals surface area contributed by atoms with E-state index < -0.39 is 0 Å². The first-order valence-corrected chi connectivity index (χ1v) is 8.90. The average molecular weight is 356 g/mol.